The maximum absolute atomic E-state index is 12.4. The van der Waals surface area contributed by atoms with Gasteiger partial charge in [-0.15, -0.1) is 0 Å². The second kappa shape index (κ2) is 9.39. The Morgan fingerprint density at radius 2 is 1.91 bits per heavy atom. The fourth-order valence-electron chi connectivity index (χ4n) is 2.09. The predicted molar refractivity (Wildman–Crippen MR) is 85.3 cm³/mol. The molecule has 0 fully saturated rings. The summed E-state index contributed by atoms with van der Waals surface area (Å²) in [6, 6.07) is 5.37. The molecule has 0 aliphatic carbocycles. The number of nitrogens with two attached hydrogens (primary N) is 1. The molecule has 0 amide bonds. The first-order valence-electron chi connectivity index (χ1n) is 7.54. The molecule has 0 aliphatic heterocycles. The summed E-state index contributed by atoms with van der Waals surface area (Å²) < 4.78 is 42.3. The molecule has 0 saturated carbocycles. The van der Waals surface area contributed by atoms with Crippen LogP contribution < -0.4 is 11.1 Å². The van der Waals surface area contributed by atoms with Gasteiger partial charge in [-0.05, 0) is 43.9 Å². The van der Waals surface area contributed by atoms with E-state index in [1.807, 2.05) is 6.92 Å². The first-order chi connectivity index (χ1) is 10.8. The number of ether oxygens (including phenoxy) is 1. The van der Waals surface area contributed by atoms with Crippen LogP contribution in [0.1, 0.15) is 30.9 Å². The van der Waals surface area contributed by atoms with Gasteiger partial charge in [-0.1, -0.05) is 12.1 Å². The van der Waals surface area contributed by atoms with E-state index in [9.17, 15) is 13.2 Å². The number of nitrogens with zero attached hydrogens (tertiary/aromatic N) is 1. The van der Waals surface area contributed by atoms with Crippen molar-refractivity contribution in [2.24, 2.45) is 10.7 Å². The van der Waals surface area contributed by atoms with Crippen LogP contribution >= 0.6 is 0 Å². The minimum absolute atomic E-state index is 0.0934. The lowest BCUT2D eigenvalue weighted by atomic mass is 10.1. The standard InChI is InChI=1S/C16H24F3N3O/c1-12(11-23-2)22-15(20)21-10-4-3-5-13-6-8-14(9-7-13)16(17,18)19/h6-9,12H,3-5,10-11H2,1-2H3,(H3,20,21,22). The Hall–Kier alpha value is -1.76. The summed E-state index contributed by atoms with van der Waals surface area (Å²) >= 11 is 0. The molecular weight excluding hydrogens is 307 g/mol. The Labute approximate surface area is 134 Å². The normalized spacial score (nSPS) is 13.9. The van der Waals surface area contributed by atoms with Crippen molar-refractivity contribution in [3.63, 3.8) is 0 Å². The molecule has 0 saturated heterocycles. The fourth-order valence-corrected chi connectivity index (χ4v) is 2.09. The van der Waals surface area contributed by atoms with E-state index in [0.29, 0.717) is 19.1 Å². The molecule has 1 aromatic carbocycles. The van der Waals surface area contributed by atoms with Crippen LogP contribution in [0.4, 0.5) is 13.2 Å². The van der Waals surface area contributed by atoms with Crippen molar-refractivity contribution < 1.29 is 17.9 Å². The number of halogens is 3. The van der Waals surface area contributed by atoms with Crippen molar-refractivity contribution in [3.05, 3.63) is 35.4 Å². The topological polar surface area (TPSA) is 59.6 Å². The summed E-state index contributed by atoms with van der Waals surface area (Å²) in [4.78, 5) is 4.20. The fraction of sp³-hybridized carbons (Fsp3) is 0.562. The molecule has 1 aromatic rings. The van der Waals surface area contributed by atoms with Gasteiger partial charge in [0.1, 0.15) is 0 Å². The van der Waals surface area contributed by atoms with Gasteiger partial charge in [-0.25, -0.2) is 0 Å². The number of benzene rings is 1. The number of alkyl halides is 3. The maximum atomic E-state index is 12.4. The minimum atomic E-state index is -4.28. The van der Waals surface area contributed by atoms with Crippen molar-refractivity contribution in [1.29, 1.82) is 0 Å². The largest absolute Gasteiger partial charge is 0.416 e. The average molecular weight is 331 g/mol. The molecule has 4 nitrogen and oxygen atoms in total. The van der Waals surface area contributed by atoms with Crippen molar-refractivity contribution in [1.82, 2.24) is 5.32 Å². The summed E-state index contributed by atoms with van der Waals surface area (Å²) in [6.45, 7) is 3.07. The zero-order valence-electron chi connectivity index (χ0n) is 13.5. The molecule has 0 heterocycles. The molecular formula is C16H24F3N3O. The van der Waals surface area contributed by atoms with Gasteiger partial charge >= 0.3 is 6.18 Å². The van der Waals surface area contributed by atoms with Gasteiger partial charge in [-0.2, -0.15) is 13.2 Å². The summed E-state index contributed by atoms with van der Waals surface area (Å²) in [5.41, 5.74) is 6.01. The molecule has 130 valence electrons. The highest BCUT2D eigenvalue weighted by atomic mass is 19.4. The highest BCUT2D eigenvalue weighted by Gasteiger charge is 2.29. The van der Waals surface area contributed by atoms with Gasteiger partial charge in [0.15, 0.2) is 5.96 Å². The van der Waals surface area contributed by atoms with E-state index in [1.165, 1.54) is 12.1 Å². The Morgan fingerprint density at radius 3 is 2.48 bits per heavy atom. The Bertz CT molecular complexity index is 486. The number of aryl methyl sites for hydroxylation is 1. The molecule has 1 atom stereocenters. The Balaban J connectivity index is 2.27. The predicted octanol–water partition coefficient (Wildman–Crippen LogP) is 2.97. The highest BCUT2D eigenvalue weighted by Crippen LogP contribution is 2.29. The van der Waals surface area contributed by atoms with Gasteiger partial charge in [0.25, 0.3) is 0 Å². The van der Waals surface area contributed by atoms with E-state index < -0.39 is 11.7 Å². The van der Waals surface area contributed by atoms with Crippen LogP contribution in [0.3, 0.4) is 0 Å². The van der Waals surface area contributed by atoms with Crippen LogP contribution in [0, 0.1) is 0 Å². The smallest absolute Gasteiger partial charge is 0.383 e. The zero-order chi connectivity index (χ0) is 17.3. The second-order valence-corrected chi connectivity index (χ2v) is 5.42. The van der Waals surface area contributed by atoms with Gasteiger partial charge < -0.3 is 15.8 Å². The Kier molecular flexibility index (Phi) is 7.88. The monoisotopic (exact) mass is 331 g/mol. The molecule has 3 N–H and O–H groups in total. The van der Waals surface area contributed by atoms with E-state index in [-0.39, 0.29) is 6.04 Å². The lowest BCUT2D eigenvalue weighted by Crippen LogP contribution is -2.40. The van der Waals surface area contributed by atoms with Crippen LogP contribution in [0.25, 0.3) is 0 Å². The van der Waals surface area contributed by atoms with Crippen molar-refractivity contribution in [2.45, 2.75) is 38.4 Å². The van der Waals surface area contributed by atoms with Gasteiger partial charge in [0, 0.05) is 19.7 Å². The molecule has 0 aliphatic rings. The second-order valence-electron chi connectivity index (χ2n) is 5.42. The minimum Gasteiger partial charge on any atom is -0.383 e. The first-order valence-corrected chi connectivity index (χ1v) is 7.54. The van der Waals surface area contributed by atoms with Gasteiger partial charge in [0.05, 0.1) is 12.2 Å². The van der Waals surface area contributed by atoms with Crippen LogP contribution in [0.2, 0.25) is 0 Å². The summed E-state index contributed by atoms with van der Waals surface area (Å²) in [5, 5.41) is 3.01. The van der Waals surface area contributed by atoms with Gasteiger partial charge in [-0.3, -0.25) is 4.99 Å². The number of rotatable bonds is 8. The van der Waals surface area contributed by atoms with E-state index in [1.54, 1.807) is 7.11 Å². The lowest BCUT2D eigenvalue weighted by molar-refractivity contribution is -0.137. The number of methoxy groups -OCH3 is 1. The van der Waals surface area contributed by atoms with Gasteiger partial charge in [0.2, 0.25) is 0 Å². The van der Waals surface area contributed by atoms with Crippen molar-refractivity contribution in [2.75, 3.05) is 20.3 Å². The van der Waals surface area contributed by atoms with E-state index >= 15 is 0 Å². The first kappa shape index (κ1) is 19.3. The van der Waals surface area contributed by atoms with Crippen LogP contribution in [0.5, 0.6) is 0 Å². The number of hydrogen-bond acceptors (Lipinski definition) is 2. The maximum Gasteiger partial charge on any atom is 0.416 e. The van der Waals surface area contributed by atoms with Crippen molar-refractivity contribution in [3.8, 4) is 0 Å². The highest BCUT2D eigenvalue weighted by molar-refractivity contribution is 5.78. The zero-order valence-corrected chi connectivity index (χ0v) is 13.5. The lowest BCUT2D eigenvalue weighted by Gasteiger charge is -2.13. The number of unbranched alkanes of at least 4 members (excludes halogenated alkanes) is 1. The molecule has 0 spiro atoms. The average Bonchev–Trinajstić information content (AvgIpc) is 2.46. The van der Waals surface area contributed by atoms with Crippen LogP contribution in [-0.2, 0) is 17.3 Å². The number of hydrogen-bond donors (Lipinski definition) is 2. The molecule has 1 rings (SSSR count). The SMILES string of the molecule is COCC(C)NC(N)=NCCCCc1ccc(C(F)(F)F)cc1. The third kappa shape index (κ3) is 7.88. The Morgan fingerprint density at radius 1 is 1.26 bits per heavy atom. The molecule has 0 aromatic heterocycles. The van der Waals surface area contributed by atoms with Crippen molar-refractivity contribution >= 4 is 5.96 Å². The quantitative estimate of drug-likeness (QED) is 0.437. The van der Waals surface area contributed by atoms with E-state index in [2.05, 4.69) is 10.3 Å². The van der Waals surface area contributed by atoms with Crippen LogP contribution in [0.15, 0.2) is 29.3 Å². The molecule has 7 heteroatoms. The number of guanidine groups is 1. The third-order valence-electron chi connectivity index (χ3n) is 3.25. The third-order valence-corrected chi connectivity index (χ3v) is 3.25. The molecule has 0 radical (unpaired) electrons. The molecule has 0 bridgehead atoms. The van der Waals surface area contributed by atoms with E-state index in [0.717, 1.165) is 37.0 Å². The number of aliphatic imine (C=N–C) groups is 1. The van der Waals surface area contributed by atoms with Crippen LogP contribution in [-0.4, -0.2) is 32.3 Å². The summed E-state index contributed by atoms with van der Waals surface area (Å²) in [5.74, 6) is 0.379. The number of nitrogens with one attached hydrogen (secondary N) is 1. The molecule has 23 heavy (non-hydrogen) atoms. The summed E-state index contributed by atoms with van der Waals surface area (Å²) in [6.07, 6.45) is -1.89. The molecule has 1 unspecified atom stereocenters. The van der Waals surface area contributed by atoms with E-state index in [4.69, 9.17) is 10.5 Å². The summed E-state index contributed by atoms with van der Waals surface area (Å²) in [7, 11) is 1.62.